The van der Waals surface area contributed by atoms with Crippen molar-refractivity contribution in [2.24, 2.45) is 5.41 Å². The lowest BCUT2D eigenvalue weighted by Gasteiger charge is -2.40. The lowest BCUT2D eigenvalue weighted by atomic mass is 9.88. The van der Waals surface area contributed by atoms with Crippen molar-refractivity contribution in [3.63, 3.8) is 0 Å². The molecule has 1 aliphatic heterocycles. The Morgan fingerprint density at radius 2 is 2.00 bits per heavy atom. The van der Waals surface area contributed by atoms with Crippen LogP contribution in [-0.2, 0) is 0 Å². The van der Waals surface area contributed by atoms with Gasteiger partial charge in [-0.1, -0.05) is 20.8 Å². The number of hydrogen-bond donors (Lipinski definition) is 2. The molecule has 3 nitrogen and oxygen atoms in total. The number of piperidine rings is 1. The van der Waals surface area contributed by atoms with Crippen LogP contribution >= 0.6 is 0 Å². The second-order valence-electron chi connectivity index (χ2n) is 6.23. The third-order valence-electron chi connectivity index (χ3n) is 3.26. The van der Waals surface area contributed by atoms with Crippen LogP contribution in [-0.4, -0.2) is 46.5 Å². The molecule has 3 heteroatoms. The molecule has 2 N–H and O–H groups in total. The van der Waals surface area contributed by atoms with Crippen molar-refractivity contribution in [3.8, 4) is 0 Å². The van der Waals surface area contributed by atoms with Crippen molar-refractivity contribution < 1.29 is 10.2 Å². The van der Waals surface area contributed by atoms with E-state index >= 15 is 0 Å². The van der Waals surface area contributed by atoms with Gasteiger partial charge in [0, 0.05) is 13.1 Å². The first-order valence-corrected chi connectivity index (χ1v) is 5.83. The van der Waals surface area contributed by atoms with Gasteiger partial charge in [-0.15, -0.1) is 0 Å². The standard InChI is InChI=1S/C12H25NO2/c1-11(2,3)5-7-13-8-6-12(4,15)10(14)9-13/h10,14-15H,5-9H2,1-4H3/t10-,12+/m1/s1. The van der Waals surface area contributed by atoms with Crippen LogP contribution in [0.15, 0.2) is 0 Å². The quantitative estimate of drug-likeness (QED) is 0.728. The van der Waals surface area contributed by atoms with Crippen molar-refractivity contribution in [1.82, 2.24) is 4.90 Å². The molecule has 0 spiro atoms. The van der Waals surface area contributed by atoms with Gasteiger partial charge in [-0.3, -0.25) is 0 Å². The summed E-state index contributed by atoms with van der Waals surface area (Å²) in [6, 6.07) is 0. The Morgan fingerprint density at radius 1 is 1.40 bits per heavy atom. The Morgan fingerprint density at radius 3 is 2.47 bits per heavy atom. The van der Waals surface area contributed by atoms with E-state index in [9.17, 15) is 10.2 Å². The minimum atomic E-state index is -0.891. The maximum atomic E-state index is 9.81. The molecular weight excluding hydrogens is 190 g/mol. The van der Waals surface area contributed by atoms with Gasteiger partial charge in [0.15, 0.2) is 0 Å². The number of nitrogens with zero attached hydrogens (tertiary/aromatic N) is 1. The average Bonchev–Trinajstić information content (AvgIpc) is 2.06. The van der Waals surface area contributed by atoms with Gasteiger partial charge in [0.05, 0.1) is 11.7 Å². The maximum Gasteiger partial charge on any atom is 0.0951 e. The minimum absolute atomic E-state index is 0.338. The van der Waals surface area contributed by atoms with Crippen LogP contribution in [0, 0.1) is 5.41 Å². The molecule has 15 heavy (non-hydrogen) atoms. The van der Waals surface area contributed by atoms with Gasteiger partial charge in [0.1, 0.15) is 0 Å². The van der Waals surface area contributed by atoms with Gasteiger partial charge < -0.3 is 15.1 Å². The Hall–Kier alpha value is -0.120. The molecule has 1 aliphatic rings. The highest BCUT2D eigenvalue weighted by atomic mass is 16.3. The van der Waals surface area contributed by atoms with Gasteiger partial charge in [-0.2, -0.15) is 0 Å². The van der Waals surface area contributed by atoms with Gasteiger partial charge in [-0.25, -0.2) is 0 Å². The summed E-state index contributed by atoms with van der Waals surface area (Å²) in [7, 11) is 0. The van der Waals surface area contributed by atoms with Crippen LogP contribution in [0.5, 0.6) is 0 Å². The summed E-state index contributed by atoms with van der Waals surface area (Å²) in [4.78, 5) is 2.24. The molecule has 2 atom stereocenters. The van der Waals surface area contributed by atoms with E-state index in [0.29, 0.717) is 18.4 Å². The third kappa shape index (κ3) is 4.09. The molecule has 0 bridgehead atoms. The largest absolute Gasteiger partial charge is 0.389 e. The number of rotatable bonds is 2. The summed E-state index contributed by atoms with van der Waals surface area (Å²) in [5.74, 6) is 0. The van der Waals surface area contributed by atoms with Crippen LogP contribution in [0.25, 0.3) is 0 Å². The molecule has 1 heterocycles. The molecular formula is C12H25NO2. The normalized spacial score (nSPS) is 34.4. The van der Waals surface area contributed by atoms with Gasteiger partial charge in [0.2, 0.25) is 0 Å². The fourth-order valence-electron chi connectivity index (χ4n) is 1.78. The average molecular weight is 215 g/mol. The van der Waals surface area contributed by atoms with E-state index in [2.05, 4.69) is 25.7 Å². The maximum absolute atomic E-state index is 9.81. The predicted molar refractivity (Wildman–Crippen MR) is 61.8 cm³/mol. The molecule has 0 amide bonds. The van der Waals surface area contributed by atoms with Crippen molar-refractivity contribution in [2.75, 3.05) is 19.6 Å². The lowest BCUT2D eigenvalue weighted by Crippen LogP contribution is -2.54. The molecule has 0 aromatic carbocycles. The fourth-order valence-corrected chi connectivity index (χ4v) is 1.78. The second kappa shape index (κ2) is 4.40. The number of hydrogen-bond acceptors (Lipinski definition) is 3. The van der Waals surface area contributed by atoms with E-state index in [0.717, 1.165) is 19.5 Å². The van der Waals surface area contributed by atoms with E-state index in [1.165, 1.54) is 0 Å². The van der Waals surface area contributed by atoms with Crippen LogP contribution in [0.2, 0.25) is 0 Å². The first-order chi connectivity index (χ1) is 6.71. The predicted octanol–water partition coefficient (Wildman–Crippen LogP) is 1.24. The Balaban J connectivity index is 2.36. The highest BCUT2D eigenvalue weighted by molar-refractivity contribution is 4.89. The molecule has 0 saturated carbocycles. The first-order valence-electron chi connectivity index (χ1n) is 5.83. The number of β-amino-alcohol motifs (C(OH)–C–C–N with tert-alkyl or cyclic N) is 1. The van der Waals surface area contributed by atoms with Crippen molar-refractivity contribution in [2.45, 2.75) is 52.2 Å². The van der Waals surface area contributed by atoms with E-state index in [4.69, 9.17) is 0 Å². The Bertz CT molecular complexity index is 208. The summed E-state index contributed by atoms with van der Waals surface area (Å²) in [5.41, 5.74) is -0.552. The molecule has 1 saturated heterocycles. The zero-order valence-electron chi connectivity index (χ0n) is 10.5. The van der Waals surface area contributed by atoms with E-state index in [1.807, 2.05) is 0 Å². The summed E-state index contributed by atoms with van der Waals surface area (Å²) >= 11 is 0. The molecule has 0 aromatic rings. The summed E-state index contributed by atoms with van der Waals surface area (Å²) in [6.45, 7) is 10.9. The van der Waals surface area contributed by atoms with Gasteiger partial charge in [0.25, 0.3) is 0 Å². The Labute approximate surface area is 93.1 Å². The lowest BCUT2D eigenvalue weighted by molar-refractivity contribution is -0.107. The monoisotopic (exact) mass is 215 g/mol. The highest BCUT2D eigenvalue weighted by Gasteiger charge is 2.36. The third-order valence-corrected chi connectivity index (χ3v) is 3.26. The Kier molecular flexibility index (Phi) is 3.80. The molecule has 90 valence electrons. The van der Waals surface area contributed by atoms with Crippen LogP contribution < -0.4 is 0 Å². The fraction of sp³-hybridized carbons (Fsp3) is 1.00. The molecule has 0 aromatic heterocycles. The van der Waals surface area contributed by atoms with Gasteiger partial charge >= 0.3 is 0 Å². The molecule has 0 aliphatic carbocycles. The SMILES string of the molecule is CC(C)(C)CCN1CC[C@](C)(O)[C@H](O)C1. The van der Waals surface area contributed by atoms with Crippen LogP contribution in [0.1, 0.15) is 40.5 Å². The van der Waals surface area contributed by atoms with E-state index < -0.39 is 11.7 Å². The second-order valence-corrected chi connectivity index (χ2v) is 6.23. The highest BCUT2D eigenvalue weighted by Crippen LogP contribution is 2.24. The van der Waals surface area contributed by atoms with Crippen LogP contribution in [0.3, 0.4) is 0 Å². The molecule has 1 rings (SSSR count). The smallest absolute Gasteiger partial charge is 0.0951 e. The first kappa shape index (κ1) is 12.9. The van der Waals surface area contributed by atoms with E-state index in [1.54, 1.807) is 6.92 Å². The number of likely N-dealkylation sites (tertiary alicyclic amines) is 1. The summed E-state index contributed by atoms with van der Waals surface area (Å²) in [5, 5.41) is 19.6. The van der Waals surface area contributed by atoms with Crippen molar-refractivity contribution >= 4 is 0 Å². The zero-order chi connectivity index (χ0) is 11.7. The summed E-state index contributed by atoms with van der Waals surface area (Å²) < 4.78 is 0. The van der Waals surface area contributed by atoms with E-state index in [-0.39, 0.29) is 0 Å². The minimum Gasteiger partial charge on any atom is -0.389 e. The number of aliphatic hydroxyl groups excluding tert-OH is 1. The van der Waals surface area contributed by atoms with Crippen molar-refractivity contribution in [1.29, 1.82) is 0 Å². The zero-order valence-corrected chi connectivity index (χ0v) is 10.5. The topological polar surface area (TPSA) is 43.7 Å². The summed E-state index contributed by atoms with van der Waals surface area (Å²) in [6.07, 6.45) is 1.19. The van der Waals surface area contributed by atoms with Gasteiger partial charge in [-0.05, 0) is 31.7 Å². The molecule has 1 fully saturated rings. The molecule has 0 radical (unpaired) electrons. The van der Waals surface area contributed by atoms with Crippen LogP contribution in [0.4, 0.5) is 0 Å². The number of aliphatic hydroxyl groups is 2. The molecule has 0 unspecified atom stereocenters. The van der Waals surface area contributed by atoms with Crippen molar-refractivity contribution in [3.05, 3.63) is 0 Å².